The van der Waals surface area contributed by atoms with Crippen LogP contribution in [0.3, 0.4) is 0 Å². The van der Waals surface area contributed by atoms with E-state index in [1.807, 2.05) is 27.0 Å². The Labute approximate surface area is 183 Å². The summed E-state index contributed by atoms with van der Waals surface area (Å²) in [5.74, 6) is 0. The molecule has 1 aromatic rings. The molecule has 4 N–H and O–H groups in total. The molecule has 2 rings (SSSR count). The van der Waals surface area contributed by atoms with Crippen LogP contribution in [0.5, 0.6) is 0 Å². The molecule has 0 radical (unpaired) electrons. The third kappa shape index (κ3) is 6.90. The van der Waals surface area contributed by atoms with Crippen LogP contribution in [0.4, 0.5) is 5.69 Å². The lowest BCUT2D eigenvalue weighted by atomic mass is 9.89. The second kappa shape index (κ2) is 10.1. The fourth-order valence-electron chi connectivity index (χ4n) is 3.54. The number of nitrogens with one attached hydrogen (secondary N) is 2. The molecule has 7 nitrogen and oxygen atoms in total. The number of aryl methyl sites for hydroxylation is 1. The van der Waals surface area contributed by atoms with Crippen molar-refractivity contribution in [2.24, 2.45) is 5.41 Å². The first-order chi connectivity index (χ1) is 13.4. The molecule has 1 aliphatic rings. The fourth-order valence-corrected chi connectivity index (χ4v) is 5.49. The van der Waals surface area contributed by atoms with Crippen LogP contribution in [-0.4, -0.2) is 69.0 Å². The number of anilines is 1. The molecule has 0 amide bonds. The second-order valence-electron chi connectivity index (χ2n) is 8.79. The maximum atomic E-state index is 12.7. The minimum Gasteiger partial charge on any atom is -0.396 e. The SMILES string of the molecule is Cc1cc(NCC2CC(O)CN2C)c(Br)cc1S(=O)(=O)NCCCC(C)(C)CO. The van der Waals surface area contributed by atoms with E-state index in [2.05, 4.69) is 30.9 Å². The summed E-state index contributed by atoms with van der Waals surface area (Å²) in [5.41, 5.74) is 1.29. The first kappa shape index (κ1) is 24.6. The van der Waals surface area contributed by atoms with E-state index >= 15 is 0 Å². The number of nitrogens with zero attached hydrogens (tertiary/aromatic N) is 1. The molecular formula is C20H34BrN3O4S. The number of rotatable bonds is 10. The number of likely N-dealkylation sites (tertiary alicyclic amines) is 1. The minimum atomic E-state index is -3.61. The molecular weight excluding hydrogens is 458 g/mol. The van der Waals surface area contributed by atoms with Crippen LogP contribution >= 0.6 is 15.9 Å². The van der Waals surface area contributed by atoms with E-state index in [1.165, 1.54) is 0 Å². The van der Waals surface area contributed by atoms with Crippen molar-refractivity contribution < 1.29 is 18.6 Å². The van der Waals surface area contributed by atoms with Gasteiger partial charge in [-0.3, -0.25) is 4.90 Å². The van der Waals surface area contributed by atoms with Gasteiger partial charge in [-0.25, -0.2) is 13.1 Å². The van der Waals surface area contributed by atoms with Crippen LogP contribution in [0.15, 0.2) is 21.5 Å². The molecule has 0 spiro atoms. The molecule has 0 bridgehead atoms. The van der Waals surface area contributed by atoms with Crippen LogP contribution in [-0.2, 0) is 10.0 Å². The predicted octanol–water partition coefficient (Wildman–Crippen LogP) is 2.31. The van der Waals surface area contributed by atoms with Gasteiger partial charge in [-0.15, -0.1) is 0 Å². The largest absolute Gasteiger partial charge is 0.396 e. The molecule has 29 heavy (non-hydrogen) atoms. The maximum Gasteiger partial charge on any atom is 0.240 e. The molecule has 9 heteroatoms. The Morgan fingerprint density at radius 1 is 1.34 bits per heavy atom. The smallest absolute Gasteiger partial charge is 0.240 e. The van der Waals surface area contributed by atoms with E-state index in [1.54, 1.807) is 13.0 Å². The van der Waals surface area contributed by atoms with Crippen molar-refractivity contribution in [2.75, 3.05) is 38.6 Å². The van der Waals surface area contributed by atoms with Gasteiger partial charge in [0.15, 0.2) is 0 Å². The number of aliphatic hydroxyl groups is 2. The van der Waals surface area contributed by atoms with E-state index < -0.39 is 10.0 Å². The van der Waals surface area contributed by atoms with Gasteiger partial charge < -0.3 is 15.5 Å². The number of hydrogen-bond donors (Lipinski definition) is 4. The highest BCUT2D eigenvalue weighted by molar-refractivity contribution is 9.10. The lowest BCUT2D eigenvalue weighted by Gasteiger charge is -2.22. The average Bonchev–Trinajstić information content (AvgIpc) is 2.96. The molecule has 0 saturated carbocycles. The zero-order valence-corrected chi connectivity index (χ0v) is 20.1. The van der Waals surface area contributed by atoms with Gasteiger partial charge in [-0.1, -0.05) is 13.8 Å². The van der Waals surface area contributed by atoms with Crippen LogP contribution in [0, 0.1) is 12.3 Å². The van der Waals surface area contributed by atoms with Gasteiger partial charge >= 0.3 is 0 Å². The summed E-state index contributed by atoms with van der Waals surface area (Å²) in [4.78, 5) is 2.38. The Morgan fingerprint density at radius 2 is 2.03 bits per heavy atom. The minimum absolute atomic E-state index is 0.0792. The Bertz CT molecular complexity index is 801. The molecule has 0 aliphatic carbocycles. The van der Waals surface area contributed by atoms with E-state index in [-0.39, 0.29) is 29.1 Å². The molecule has 1 fully saturated rings. The fraction of sp³-hybridized carbons (Fsp3) is 0.700. The van der Waals surface area contributed by atoms with E-state index in [4.69, 9.17) is 0 Å². The predicted molar refractivity (Wildman–Crippen MR) is 120 cm³/mol. The van der Waals surface area contributed by atoms with Gasteiger partial charge in [-0.05, 0) is 72.3 Å². The zero-order valence-electron chi connectivity index (χ0n) is 17.7. The third-order valence-corrected chi connectivity index (χ3v) is 7.76. The Morgan fingerprint density at radius 3 is 2.62 bits per heavy atom. The van der Waals surface area contributed by atoms with Crippen LogP contribution in [0.2, 0.25) is 0 Å². The summed E-state index contributed by atoms with van der Waals surface area (Å²) < 4.78 is 28.8. The van der Waals surface area contributed by atoms with E-state index in [0.29, 0.717) is 36.1 Å². The second-order valence-corrected chi connectivity index (χ2v) is 11.4. The van der Waals surface area contributed by atoms with Gasteiger partial charge in [0.25, 0.3) is 0 Å². The maximum absolute atomic E-state index is 12.7. The van der Waals surface area contributed by atoms with Crippen molar-refractivity contribution >= 4 is 31.6 Å². The topological polar surface area (TPSA) is 102 Å². The lowest BCUT2D eigenvalue weighted by Crippen LogP contribution is -2.31. The number of benzene rings is 1. The zero-order chi connectivity index (χ0) is 21.8. The Hall–Kier alpha value is -0.710. The van der Waals surface area contributed by atoms with Crippen molar-refractivity contribution in [3.63, 3.8) is 0 Å². The lowest BCUT2D eigenvalue weighted by molar-refractivity contribution is 0.148. The molecule has 1 heterocycles. The first-order valence-electron chi connectivity index (χ1n) is 9.98. The van der Waals surface area contributed by atoms with E-state index in [9.17, 15) is 18.6 Å². The van der Waals surface area contributed by atoms with Gasteiger partial charge in [0.2, 0.25) is 10.0 Å². The van der Waals surface area contributed by atoms with Gasteiger partial charge in [0, 0.05) is 42.4 Å². The summed E-state index contributed by atoms with van der Waals surface area (Å²) in [6, 6.07) is 3.70. The number of likely N-dealkylation sites (N-methyl/N-ethyl adjacent to an activating group) is 1. The van der Waals surface area contributed by atoms with Gasteiger partial charge in [-0.2, -0.15) is 0 Å². The summed E-state index contributed by atoms with van der Waals surface area (Å²) in [6.45, 7) is 7.46. The molecule has 166 valence electrons. The summed E-state index contributed by atoms with van der Waals surface area (Å²) in [7, 11) is -1.62. The molecule has 2 atom stereocenters. The highest BCUT2D eigenvalue weighted by Crippen LogP contribution is 2.30. The summed E-state index contributed by atoms with van der Waals surface area (Å²) >= 11 is 3.48. The van der Waals surface area contributed by atoms with Crippen molar-refractivity contribution in [3.8, 4) is 0 Å². The monoisotopic (exact) mass is 491 g/mol. The molecule has 1 aromatic carbocycles. The normalized spacial score (nSPS) is 20.9. The highest BCUT2D eigenvalue weighted by atomic mass is 79.9. The molecule has 0 aromatic heterocycles. The Balaban J connectivity index is 2.00. The average molecular weight is 492 g/mol. The first-order valence-corrected chi connectivity index (χ1v) is 12.3. The van der Waals surface area contributed by atoms with E-state index in [0.717, 1.165) is 18.5 Å². The van der Waals surface area contributed by atoms with Crippen LogP contribution in [0.1, 0.15) is 38.7 Å². The van der Waals surface area contributed by atoms with Crippen molar-refractivity contribution in [1.29, 1.82) is 0 Å². The number of aliphatic hydroxyl groups excluding tert-OH is 2. The van der Waals surface area contributed by atoms with Crippen LogP contribution in [0.25, 0.3) is 0 Å². The van der Waals surface area contributed by atoms with Crippen molar-refractivity contribution in [2.45, 2.75) is 57.1 Å². The van der Waals surface area contributed by atoms with Gasteiger partial charge in [0.05, 0.1) is 11.0 Å². The van der Waals surface area contributed by atoms with Crippen LogP contribution < -0.4 is 10.0 Å². The van der Waals surface area contributed by atoms with Gasteiger partial charge in [0.1, 0.15) is 0 Å². The number of halogens is 1. The summed E-state index contributed by atoms with van der Waals surface area (Å²) in [5, 5.41) is 22.4. The van der Waals surface area contributed by atoms with Crippen molar-refractivity contribution in [1.82, 2.24) is 9.62 Å². The molecule has 1 saturated heterocycles. The quantitative estimate of drug-likeness (QED) is 0.374. The number of sulfonamides is 1. The standard InChI is InChI=1S/C20H34BrN3O4S/c1-14-8-18(22-11-15-9-16(26)12-24(15)4)17(21)10-19(14)29(27,28)23-7-5-6-20(2,3)13-25/h8,10,15-16,22-23,25-26H,5-7,9,11-13H2,1-4H3. The number of hydrogen-bond acceptors (Lipinski definition) is 6. The highest BCUT2D eigenvalue weighted by Gasteiger charge is 2.28. The summed E-state index contributed by atoms with van der Waals surface area (Å²) in [6.07, 6.45) is 1.83. The van der Waals surface area contributed by atoms with Crippen molar-refractivity contribution in [3.05, 3.63) is 22.2 Å². The number of β-amino-alcohol motifs (C(OH)–C–C–N with tert-alkyl or cyclic N) is 1. The third-order valence-electron chi connectivity index (χ3n) is 5.50. The Kier molecular flexibility index (Phi) is 8.52. The molecule has 1 aliphatic heterocycles. The molecule has 2 unspecified atom stereocenters.